The molecule has 132 valence electrons. The van der Waals surface area contributed by atoms with Crippen LogP contribution in [-0.4, -0.2) is 22.9 Å². The number of halogens is 2. The van der Waals surface area contributed by atoms with Gasteiger partial charge in [-0.25, -0.2) is 5.43 Å². The van der Waals surface area contributed by atoms with Crippen molar-refractivity contribution in [1.29, 1.82) is 0 Å². The number of hydrogen-bond donors (Lipinski definition) is 1. The number of nitrogens with one attached hydrogen (secondary N) is 1. The van der Waals surface area contributed by atoms with Gasteiger partial charge in [0.25, 0.3) is 0 Å². The van der Waals surface area contributed by atoms with Gasteiger partial charge in [-0.15, -0.1) is 11.8 Å². The Labute approximate surface area is 172 Å². The maximum atomic E-state index is 12.1. The summed E-state index contributed by atoms with van der Waals surface area (Å²) >= 11 is 8.35. The van der Waals surface area contributed by atoms with Gasteiger partial charge in [-0.1, -0.05) is 44.0 Å². The normalized spacial score (nSPS) is 11.2. The van der Waals surface area contributed by atoms with E-state index in [1.165, 1.54) is 11.8 Å². The van der Waals surface area contributed by atoms with Crippen LogP contribution in [0.2, 0.25) is 0 Å². The minimum absolute atomic E-state index is 0.152. The zero-order valence-corrected chi connectivity index (χ0v) is 17.9. The van der Waals surface area contributed by atoms with Crippen molar-refractivity contribution in [3.63, 3.8) is 0 Å². The maximum Gasteiger partial charge on any atom is 0.250 e. The predicted octanol–water partition coefficient (Wildman–Crippen LogP) is 5.31. The fraction of sp³-hybridized carbons (Fsp3) is 0.105. The number of amides is 1. The Morgan fingerprint density at radius 1 is 1.15 bits per heavy atom. The summed E-state index contributed by atoms with van der Waals surface area (Å²) in [5, 5.41) is 5.03. The van der Waals surface area contributed by atoms with E-state index < -0.39 is 0 Å². The number of benzene rings is 2. The van der Waals surface area contributed by atoms with E-state index in [0.717, 1.165) is 36.0 Å². The van der Waals surface area contributed by atoms with Gasteiger partial charge in [-0.2, -0.15) is 5.10 Å². The lowest BCUT2D eigenvalue weighted by molar-refractivity contribution is -0.118. The number of aryl methyl sites for hydroxylation is 1. The number of hydrazone groups is 1. The Bertz CT molecular complexity index is 974. The zero-order valence-electron chi connectivity index (χ0n) is 13.9. The topological polar surface area (TPSA) is 54.4 Å². The Balaban J connectivity index is 1.63. The number of hydrogen-bond acceptors (Lipinski definition) is 4. The van der Waals surface area contributed by atoms with Gasteiger partial charge in [0.1, 0.15) is 0 Å². The van der Waals surface area contributed by atoms with Crippen molar-refractivity contribution in [2.24, 2.45) is 5.10 Å². The first-order chi connectivity index (χ1) is 12.5. The Hall–Kier alpha value is -1.70. The molecule has 0 spiro atoms. The highest BCUT2D eigenvalue weighted by atomic mass is 79.9. The van der Waals surface area contributed by atoms with E-state index in [1.54, 1.807) is 6.21 Å². The van der Waals surface area contributed by atoms with Crippen LogP contribution in [0.3, 0.4) is 0 Å². The lowest BCUT2D eigenvalue weighted by Gasteiger charge is -2.07. The van der Waals surface area contributed by atoms with E-state index >= 15 is 0 Å². The van der Waals surface area contributed by atoms with Crippen LogP contribution in [0.4, 0.5) is 0 Å². The second-order valence-corrected chi connectivity index (χ2v) is 8.41. The van der Waals surface area contributed by atoms with Gasteiger partial charge in [-0.3, -0.25) is 9.78 Å². The van der Waals surface area contributed by atoms with E-state index in [9.17, 15) is 4.79 Å². The molecule has 7 heteroatoms. The average Bonchev–Trinajstić information content (AvgIpc) is 2.62. The number of fused-ring (bicyclic) bond motifs is 1. The lowest BCUT2D eigenvalue weighted by atomic mass is 10.2. The van der Waals surface area contributed by atoms with E-state index in [4.69, 9.17) is 0 Å². The number of thioether (sulfide) groups is 1. The van der Waals surface area contributed by atoms with E-state index in [2.05, 4.69) is 47.4 Å². The van der Waals surface area contributed by atoms with Gasteiger partial charge < -0.3 is 0 Å². The number of nitrogens with zero attached hydrogens (tertiary/aromatic N) is 2. The Kier molecular flexibility index (Phi) is 6.45. The molecule has 0 radical (unpaired) electrons. The number of pyridine rings is 1. The van der Waals surface area contributed by atoms with Crippen molar-refractivity contribution < 1.29 is 4.79 Å². The van der Waals surface area contributed by atoms with Crippen molar-refractivity contribution in [3.8, 4) is 0 Å². The van der Waals surface area contributed by atoms with Crippen molar-refractivity contribution in [1.82, 2.24) is 10.4 Å². The molecule has 1 aromatic heterocycles. The average molecular weight is 493 g/mol. The number of rotatable bonds is 5. The first-order valence-electron chi connectivity index (χ1n) is 7.78. The molecule has 0 saturated heterocycles. The summed E-state index contributed by atoms with van der Waals surface area (Å²) in [5.74, 6) is 0.129. The third-order valence-electron chi connectivity index (χ3n) is 3.49. The number of aromatic nitrogens is 1. The highest BCUT2D eigenvalue weighted by Crippen LogP contribution is 2.29. The van der Waals surface area contributed by atoms with Gasteiger partial charge in [0.15, 0.2) is 0 Å². The van der Waals surface area contributed by atoms with Gasteiger partial charge in [0.2, 0.25) is 5.91 Å². The van der Waals surface area contributed by atoms with Crippen molar-refractivity contribution in [2.45, 2.75) is 11.8 Å². The number of carbonyl (C=O) groups is 1. The molecule has 0 saturated carbocycles. The standard InChI is InChI=1S/C19H15Br2N3OS/c1-12-8-18(16-9-15(21)6-7-17(16)23-12)26-11-19(25)24-22-10-13-2-4-14(20)5-3-13/h2-10H,11H2,1H3,(H,24,25). The van der Waals surface area contributed by atoms with Crippen LogP contribution in [0.25, 0.3) is 10.9 Å². The SMILES string of the molecule is Cc1cc(SCC(=O)NN=Cc2ccc(Br)cc2)c2cc(Br)ccc2n1. The Morgan fingerprint density at radius 3 is 2.65 bits per heavy atom. The summed E-state index contributed by atoms with van der Waals surface area (Å²) in [6.45, 7) is 1.95. The molecule has 3 aromatic rings. The largest absolute Gasteiger partial charge is 0.272 e. The van der Waals surface area contributed by atoms with Crippen LogP contribution in [-0.2, 0) is 4.79 Å². The smallest absolute Gasteiger partial charge is 0.250 e. The summed E-state index contributed by atoms with van der Waals surface area (Å²) in [7, 11) is 0. The number of carbonyl (C=O) groups excluding carboxylic acids is 1. The zero-order chi connectivity index (χ0) is 18.5. The first kappa shape index (κ1) is 19.1. The molecular weight excluding hydrogens is 478 g/mol. The molecule has 1 amide bonds. The second-order valence-electron chi connectivity index (χ2n) is 5.56. The van der Waals surface area contributed by atoms with Gasteiger partial charge in [0.05, 0.1) is 17.5 Å². The van der Waals surface area contributed by atoms with Crippen LogP contribution in [0.15, 0.2) is 67.5 Å². The van der Waals surface area contributed by atoms with Crippen LogP contribution >= 0.6 is 43.6 Å². The molecule has 0 fully saturated rings. The fourth-order valence-electron chi connectivity index (χ4n) is 2.32. The maximum absolute atomic E-state index is 12.1. The second kappa shape index (κ2) is 8.79. The molecular formula is C19H15Br2N3OS. The van der Waals surface area contributed by atoms with Crippen molar-refractivity contribution in [3.05, 3.63) is 68.7 Å². The molecule has 0 aliphatic heterocycles. The van der Waals surface area contributed by atoms with E-state index in [1.807, 2.05) is 55.5 Å². The van der Waals surface area contributed by atoms with Gasteiger partial charge >= 0.3 is 0 Å². The molecule has 0 atom stereocenters. The first-order valence-corrected chi connectivity index (χ1v) is 10.4. The minimum Gasteiger partial charge on any atom is -0.272 e. The summed E-state index contributed by atoms with van der Waals surface area (Å²) in [4.78, 5) is 17.6. The predicted molar refractivity (Wildman–Crippen MR) is 115 cm³/mol. The van der Waals surface area contributed by atoms with E-state index in [0.29, 0.717) is 0 Å². The summed E-state index contributed by atoms with van der Waals surface area (Å²) in [6.07, 6.45) is 1.62. The van der Waals surface area contributed by atoms with Crippen LogP contribution in [0, 0.1) is 6.92 Å². The highest BCUT2D eigenvalue weighted by Gasteiger charge is 2.08. The molecule has 26 heavy (non-hydrogen) atoms. The highest BCUT2D eigenvalue weighted by molar-refractivity contribution is 9.10. The molecule has 0 bridgehead atoms. The molecule has 4 nitrogen and oxygen atoms in total. The molecule has 3 rings (SSSR count). The third-order valence-corrected chi connectivity index (χ3v) is 5.57. The quantitative estimate of drug-likeness (QED) is 0.298. The summed E-state index contributed by atoms with van der Waals surface area (Å²) < 4.78 is 1.99. The van der Waals surface area contributed by atoms with Crippen LogP contribution in [0.5, 0.6) is 0 Å². The van der Waals surface area contributed by atoms with Crippen molar-refractivity contribution >= 4 is 66.6 Å². The van der Waals surface area contributed by atoms with Crippen LogP contribution in [0.1, 0.15) is 11.3 Å². The molecule has 2 aromatic carbocycles. The van der Waals surface area contributed by atoms with Crippen molar-refractivity contribution in [2.75, 3.05) is 5.75 Å². The molecule has 1 heterocycles. The van der Waals surface area contributed by atoms with Gasteiger partial charge in [0, 0.05) is 24.9 Å². The third kappa shape index (κ3) is 5.16. The van der Waals surface area contributed by atoms with Crippen LogP contribution < -0.4 is 5.43 Å². The molecule has 0 aliphatic carbocycles. The molecule has 0 unspecified atom stereocenters. The Morgan fingerprint density at radius 2 is 1.88 bits per heavy atom. The van der Waals surface area contributed by atoms with E-state index in [-0.39, 0.29) is 11.7 Å². The molecule has 0 aliphatic rings. The lowest BCUT2D eigenvalue weighted by Crippen LogP contribution is -2.19. The monoisotopic (exact) mass is 491 g/mol. The minimum atomic E-state index is -0.152. The summed E-state index contributed by atoms with van der Waals surface area (Å²) in [6, 6.07) is 15.6. The fourth-order valence-corrected chi connectivity index (χ4v) is 3.86. The summed E-state index contributed by atoms with van der Waals surface area (Å²) in [5.41, 5.74) is 5.33. The molecule has 1 N–H and O–H groups in total. The van der Waals surface area contributed by atoms with Gasteiger partial charge in [-0.05, 0) is 48.9 Å².